The van der Waals surface area contributed by atoms with Gasteiger partial charge in [-0.15, -0.1) is 11.3 Å². The van der Waals surface area contributed by atoms with Gasteiger partial charge in [0.25, 0.3) is 5.91 Å². The largest absolute Gasteiger partial charge is 0.343 e. The lowest BCUT2D eigenvalue weighted by Gasteiger charge is -2.25. The number of nitrogens with zero attached hydrogens (tertiary/aromatic N) is 3. The van der Waals surface area contributed by atoms with E-state index in [2.05, 4.69) is 40.9 Å². The molecular formula is C21H23N3OS. The molecule has 1 fully saturated rings. The number of pyridine rings is 1. The van der Waals surface area contributed by atoms with Gasteiger partial charge in [-0.3, -0.25) is 9.78 Å². The topological polar surface area (TPSA) is 38.1 Å². The van der Waals surface area contributed by atoms with Gasteiger partial charge in [0.2, 0.25) is 0 Å². The lowest BCUT2D eigenvalue weighted by atomic mass is 10.1. The second kappa shape index (κ2) is 7.08. The SMILES string of the molecule is Cc1cc(C(=O)N2CCCC2c2ccncc2)c(C)n1Cc1cccs1. The number of likely N-dealkylation sites (tertiary alicyclic amines) is 1. The van der Waals surface area contributed by atoms with Crippen LogP contribution in [0, 0.1) is 13.8 Å². The number of amides is 1. The van der Waals surface area contributed by atoms with E-state index in [0.717, 1.165) is 42.9 Å². The van der Waals surface area contributed by atoms with Crippen LogP contribution in [-0.2, 0) is 6.54 Å². The monoisotopic (exact) mass is 365 g/mol. The van der Waals surface area contributed by atoms with E-state index < -0.39 is 0 Å². The first-order valence-corrected chi connectivity index (χ1v) is 9.93. The Balaban J connectivity index is 1.62. The number of carbonyl (C=O) groups excluding carboxylic acids is 1. The van der Waals surface area contributed by atoms with E-state index in [-0.39, 0.29) is 11.9 Å². The van der Waals surface area contributed by atoms with Gasteiger partial charge < -0.3 is 9.47 Å². The van der Waals surface area contributed by atoms with Crippen LogP contribution in [0.3, 0.4) is 0 Å². The quantitative estimate of drug-likeness (QED) is 0.678. The normalized spacial score (nSPS) is 17.0. The molecule has 1 aliphatic rings. The highest BCUT2D eigenvalue weighted by atomic mass is 32.1. The van der Waals surface area contributed by atoms with Crippen molar-refractivity contribution in [1.29, 1.82) is 0 Å². The molecule has 0 saturated carbocycles. The Kier molecular flexibility index (Phi) is 4.64. The summed E-state index contributed by atoms with van der Waals surface area (Å²) in [5, 5.41) is 2.10. The fraction of sp³-hybridized carbons (Fsp3) is 0.333. The molecule has 0 N–H and O–H groups in total. The average Bonchev–Trinajstić information content (AvgIpc) is 3.39. The van der Waals surface area contributed by atoms with E-state index in [1.165, 1.54) is 10.4 Å². The van der Waals surface area contributed by atoms with Crippen LogP contribution in [-0.4, -0.2) is 26.9 Å². The fourth-order valence-electron chi connectivity index (χ4n) is 3.92. The van der Waals surface area contributed by atoms with Crippen molar-refractivity contribution >= 4 is 17.2 Å². The van der Waals surface area contributed by atoms with E-state index in [4.69, 9.17) is 0 Å². The minimum absolute atomic E-state index is 0.148. The number of rotatable bonds is 4. The van der Waals surface area contributed by atoms with E-state index >= 15 is 0 Å². The van der Waals surface area contributed by atoms with Crippen molar-refractivity contribution < 1.29 is 4.79 Å². The predicted octanol–water partition coefficient (Wildman–Crippen LogP) is 4.59. The van der Waals surface area contributed by atoms with Crippen molar-refractivity contribution in [2.24, 2.45) is 0 Å². The molecule has 0 bridgehead atoms. The molecule has 3 aromatic heterocycles. The predicted molar refractivity (Wildman–Crippen MR) is 105 cm³/mol. The molecule has 4 rings (SSSR count). The van der Waals surface area contributed by atoms with Crippen molar-refractivity contribution in [3.8, 4) is 0 Å². The maximum atomic E-state index is 13.3. The molecule has 0 radical (unpaired) electrons. The zero-order valence-electron chi connectivity index (χ0n) is 15.2. The first kappa shape index (κ1) is 17.0. The van der Waals surface area contributed by atoms with Crippen LogP contribution in [0.1, 0.15) is 51.1 Å². The summed E-state index contributed by atoms with van der Waals surface area (Å²) < 4.78 is 2.25. The second-order valence-corrected chi connectivity index (χ2v) is 7.92. The van der Waals surface area contributed by atoms with E-state index in [1.54, 1.807) is 11.3 Å². The molecule has 1 unspecified atom stereocenters. The summed E-state index contributed by atoms with van der Waals surface area (Å²) in [7, 11) is 0. The summed E-state index contributed by atoms with van der Waals surface area (Å²) in [5.74, 6) is 0.148. The molecule has 134 valence electrons. The minimum Gasteiger partial charge on any atom is -0.343 e. The van der Waals surface area contributed by atoms with Crippen molar-refractivity contribution in [2.75, 3.05) is 6.54 Å². The Labute approximate surface area is 158 Å². The summed E-state index contributed by atoms with van der Waals surface area (Å²) in [6.07, 6.45) is 5.68. The Morgan fingerprint density at radius 3 is 2.81 bits per heavy atom. The van der Waals surface area contributed by atoms with Gasteiger partial charge in [0, 0.05) is 35.2 Å². The molecule has 1 atom stereocenters. The number of hydrogen-bond donors (Lipinski definition) is 0. The van der Waals surface area contributed by atoms with Gasteiger partial charge in [-0.05, 0) is 61.9 Å². The van der Waals surface area contributed by atoms with E-state index in [9.17, 15) is 4.79 Å². The molecule has 1 aliphatic heterocycles. The smallest absolute Gasteiger partial charge is 0.256 e. The van der Waals surface area contributed by atoms with Crippen LogP contribution in [0.25, 0.3) is 0 Å². The highest BCUT2D eigenvalue weighted by Gasteiger charge is 2.32. The summed E-state index contributed by atoms with van der Waals surface area (Å²) in [6.45, 7) is 5.80. The van der Waals surface area contributed by atoms with Gasteiger partial charge in [-0.1, -0.05) is 6.07 Å². The molecule has 5 heteroatoms. The maximum absolute atomic E-state index is 13.3. The number of hydrogen-bond acceptors (Lipinski definition) is 3. The standard InChI is InChI=1S/C21H23N3OS/c1-15-13-19(16(2)24(15)14-18-5-4-12-26-18)21(25)23-11-3-6-20(23)17-7-9-22-10-8-17/h4-5,7-10,12-13,20H,3,6,11,14H2,1-2H3. The molecule has 1 saturated heterocycles. The Bertz CT molecular complexity index is 899. The van der Waals surface area contributed by atoms with Gasteiger partial charge in [0.05, 0.1) is 18.2 Å². The number of thiophene rings is 1. The van der Waals surface area contributed by atoms with E-state index in [0.29, 0.717) is 0 Å². The van der Waals surface area contributed by atoms with Crippen LogP contribution in [0.5, 0.6) is 0 Å². The highest BCUT2D eigenvalue weighted by Crippen LogP contribution is 2.33. The molecule has 1 amide bonds. The van der Waals surface area contributed by atoms with Crippen LogP contribution < -0.4 is 0 Å². The zero-order chi connectivity index (χ0) is 18.1. The maximum Gasteiger partial charge on any atom is 0.256 e. The van der Waals surface area contributed by atoms with Gasteiger partial charge in [-0.25, -0.2) is 0 Å². The first-order valence-electron chi connectivity index (χ1n) is 9.05. The molecule has 0 aliphatic carbocycles. The lowest BCUT2D eigenvalue weighted by molar-refractivity contribution is 0.0734. The van der Waals surface area contributed by atoms with Crippen molar-refractivity contribution in [3.63, 3.8) is 0 Å². The molecule has 4 heterocycles. The minimum atomic E-state index is 0.148. The summed E-state index contributed by atoms with van der Waals surface area (Å²) >= 11 is 1.75. The molecule has 4 nitrogen and oxygen atoms in total. The van der Waals surface area contributed by atoms with Gasteiger partial charge in [-0.2, -0.15) is 0 Å². The fourth-order valence-corrected chi connectivity index (χ4v) is 4.61. The van der Waals surface area contributed by atoms with E-state index in [1.807, 2.05) is 35.5 Å². The number of carbonyl (C=O) groups is 1. The highest BCUT2D eigenvalue weighted by molar-refractivity contribution is 7.09. The third-order valence-corrected chi connectivity index (χ3v) is 6.16. The molecule has 0 spiro atoms. The van der Waals surface area contributed by atoms with Crippen molar-refractivity contribution in [1.82, 2.24) is 14.5 Å². The third kappa shape index (κ3) is 3.07. The summed E-state index contributed by atoms with van der Waals surface area (Å²) in [4.78, 5) is 20.8. The third-order valence-electron chi connectivity index (χ3n) is 5.30. The van der Waals surface area contributed by atoms with Gasteiger partial charge in [0.15, 0.2) is 0 Å². The molecule has 26 heavy (non-hydrogen) atoms. The zero-order valence-corrected chi connectivity index (χ0v) is 16.0. The molecule has 3 aromatic rings. The summed E-state index contributed by atoms with van der Waals surface area (Å²) in [5.41, 5.74) is 4.21. The van der Waals surface area contributed by atoms with Crippen LogP contribution >= 0.6 is 11.3 Å². The van der Waals surface area contributed by atoms with Gasteiger partial charge >= 0.3 is 0 Å². The Morgan fingerprint density at radius 2 is 2.08 bits per heavy atom. The number of aryl methyl sites for hydroxylation is 1. The second-order valence-electron chi connectivity index (χ2n) is 6.89. The molecular weight excluding hydrogens is 342 g/mol. The van der Waals surface area contributed by atoms with Crippen molar-refractivity contribution in [2.45, 2.75) is 39.3 Å². The average molecular weight is 366 g/mol. The van der Waals surface area contributed by atoms with Crippen LogP contribution in [0.15, 0.2) is 48.1 Å². The Morgan fingerprint density at radius 1 is 1.27 bits per heavy atom. The number of aromatic nitrogens is 2. The summed E-state index contributed by atoms with van der Waals surface area (Å²) in [6, 6.07) is 10.5. The Hall–Kier alpha value is -2.40. The van der Waals surface area contributed by atoms with Crippen molar-refractivity contribution in [3.05, 3.63) is 75.5 Å². The lowest BCUT2D eigenvalue weighted by Crippen LogP contribution is -2.31. The van der Waals surface area contributed by atoms with Crippen LogP contribution in [0.2, 0.25) is 0 Å². The first-order chi connectivity index (χ1) is 12.6. The van der Waals surface area contributed by atoms with Crippen LogP contribution in [0.4, 0.5) is 0 Å². The van der Waals surface area contributed by atoms with Gasteiger partial charge in [0.1, 0.15) is 0 Å². The molecule has 0 aromatic carbocycles.